The average molecular weight is 417 g/mol. The van der Waals surface area contributed by atoms with Crippen molar-refractivity contribution in [3.05, 3.63) is 57.8 Å². The molecule has 0 saturated heterocycles. The lowest BCUT2D eigenvalue weighted by Crippen LogP contribution is -2.44. The van der Waals surface area contributed by atoms with Crippen LogP contribution < -0.4 is 16.0 Å². The van der Waals surface area contributed by atoms with Gasteiger partial charge in [0.1, 0.15) is 5.60 Å². The van der Waals surface area contributed by atoms with Crippen LogP contribution in [0.3, 0.4) is 0 Å². The summed E-state index contributed by atoms with van der Waals surface area (Å²) in [5, 5.41) is 24.0. The quantitative estimate of drug-likeness (QED) is 0.373. The van der Waals surface area contributed by atoms with E-state index in [4.69, 9.17) is 0 Å². The minimum atomic E-state index is -0.982. The lowest BCUT2D eigenvalue weighted by atomic mass is 9.99. The smallest absolute Gasteiger partial charge is 0.251 e. The fourth-order valence-corrected chi connectivity index (χ4v) is 3.44. The Morgan fingerprint density at radius 1 is 1.28 bits per heavy atom. The molecule has 0 spiro atoms. The third-order valence-corrected chi connectivity index (χ3v) is 5.37. The third kappa shape index (κ3) is 7.18. The van der Waals surface area contributed by atoms with Gasteiger partial charge in [0.25, 0.3) is 5.91 Å². The molecular formula is C22H32N4O2S. The first-order valence-electron chi connectivity index (χ1n) is 10.0. The van der Waals surface area contributed by atoms with Gasteiger partial charge in [-0.3, -0.25) is 4.79 Å². The van der Waals surface area contributed by atoms with Crippen LogP contribution in [0.15, 0.2) is 46.1 Å². The zero-order valence-corrected chi connectivity index (χ0v) is 18.5. The number of carbonyl (C=O) groups excluding carboxylic acids is 1. The van der Waals surface area contributed by atoms with Gasteiger partial charge in [0.15, 0.2) is 5.96 Å². The zero-order valence-electron chi connectivity index (χ0n) is 17.7. The van der Waals surface area contributed by atoms with Crippen LogP contribution in [0, 0.1) is 0 Å². The van der Waals surface area contributed by atoms with E-state index >= 15 is 0 Å². The Morgan fingerprint density at radius 2 is 2.07 bits per heavy atom. The molecule has 2 aromatic rings. The summed E-state index contributed by atoms with van der Waals surface area (Å²) in [7, 11) is 0. The molecule has 2 atom stereocenters. The molecule has 1 aromatic heterocycles. The highest BCUT2D eigenvalue weighted by Gasteiger charge is 2.23. The Balaban J connectivity index is 2.02. The molecule has 1 heterocycles. The normalized spacial score (nSPS) is 14.7. The Kier molecular flexibility index (Phi) is 8.67. The highest BCUT2D eigenvalue weighted by atomic mass is 32.1. The number of amides is 1. The molecule has 6 nitrogen and oxygen atoms in total. The molecule has 4 N–H and O–H groups in total. The molecule has 0 aliphatic heterocycles. The number of aliphatic hydroxyl groups is 1. The number of rotatable bonds is 9. The second kappa shape index (κ2) is 11.0. The molecule has 0 bridgehead atoms. The van der Waals surface area contributed by atoms with Gasteiger partial charge in [0.05, 0.1) is 13.1 Å². The predicted octanol–water partition coefficient (Wildman–Crippen LogP) is 3.24. The molecule has 0 aliphatic carbocycles. The van der Waals surface area contributed by atoms with Gasteiger partial charge in [0.2, 0.25) is 0 Å². The summed E-state index contributed by atoms with van der Waals surface area (Å²) in [4.78, 5) is 16.9. The second-order valence-electron chi connectivity index (χ2n) is 7.32. The van der Waals surface area contributed by atoms with Crippen molar-refractivity contribution in [3.8, 4) is 0 Å². The molecule has 0 fully saturated rings. The molecule has 2 rings (SSSR count). The van der Waals surface area contributed by atoms with Gasteiger partial charge in [-0.05, 0) is 67.3 Å². The van der Waals surface area contributed by atoms with E-state index in [0.717, 1.165) is 17.5 Å². The van der Waals surface area contributed by atoms with Crippen molar-refractivity contribution in [2.75, 3.05) is 13.1 Å². The van der Waals surface area contributed by atoms with Gasteiger partial charge in [-0.25, -0.2) is 4.99 Å². The van der Waals surface area contributed by atoms with Gasteiger partial charge in [0, 0.05) is 18.2 Å². The highest BCUT2D eigenvalue weighted by molar-refractivity contribution is 7.08. The van der Waals surface area contributed by atoms with Gasteiger partial charge in [-0.1, -0.05) is 19.1 Å². The van der Waals surface area contributed by atoms with Gasteiger partial charge < -0.3 is 21.1 Å². The largest absolute Gasteiger partial charge is 0.384 e. The van der Waals surface area contributed by atoms with Crippen LogP contribution in [0.25, 0.3) is 0 Å². The first kappa shape index (κ1) is 22.9. The van der Waals surface area contributed by atoms with E-state index in [1.54, 1.807) is 18.3 Å². The van der Waals surface area contributed by atoms with Crippen LogP contribution in [0.2, 0.25) is 0 Å². The van der Waals surface area contributed by atoms with Crippen LogP contribution in [-0.4, -0.2) is 36.1 Å². The van der Waals surface area contributed by atoms with Crippen LogP contribution in [0.5, 0.6) is 0 Å². The highest BCUT2D eigenvalue weighted by Crippen LogP contribution is 2.21. The first-order chi connectivity index (χ1) is 13.9. The van der Waals surface area contributed by atoms with Gasteiger partial charge >= 0.3 is 0 Å². The topological polar surface area (TPSA) is 85.8 Å². The van der Waals surface area contributed by atoms with Crippen LogP contribution in [0.4, 0.5) is 0 Å². The fourth-order valence-electron chi connectivity index (χ4n) is 2.66. The third-order valence-electron chi connectivity index (χ3n) is 4.69. The number of guanidine groups is 1. The van der Waals surface area contributed by atoms with Crippen molar-refractivity contribution >= 4 is 23.2 Å². The lowest BCUT2D eigenvalue weighted by molar-refractivity contribution is 0.0621. The minimum absolute atomic E-state index is 0.0676. The summed E-state index contributed by atoms with van der Waals surface area (Å²) in [5.41, 5.74) is 1.48. The maximum absolute atomic E-state index is 12.3. The molecule has 158 valence electrons. The summed E-state index contributed by atoms with van der Waals surface area (Å²) in [5.74, 6) is 0.555. The Labute approximate surface area is 177 Å². The maximum atomic E-state index is 12.3. The van der Waals surface area contributed by atoms with E-state index in [-0.39, 0.29) is 11.9 Å². The van der Waals surface area contributed by atoms with Crippen molar-refractivity contribution in [2.24, 2.45) is 4.99 Å². The van der Waals surface area contributed by atoms with Crippen molar-refractivity contribution in [1.29, 1.82) is 0 Å². The summed E-state index contributed by atoms with van der Waals surface area (Å²) >= 11 is 1.56. The Hall–Kier alpha value is -2.38. The molecular weight excluding hydrogens is 384 g/mol. The van der Waals surface area contributed by atoms with E-state index in [9.17, 15) is 9.90 Å². The fraction of sp³-hybridized carbons (Fsp3) is 0.455. The molecule has 0 aliphatic rings. The summed E-state index contributed by atoms with van der Waals surface area (Å²) in [6.07, 6.45) is 0.891. The number of aliphatic imine (C=N–C) groups is 1. The summed E-state index contributed by atoms with van der Waals surface area (Å²) in [6.45, 7) is 9.29. The van der Waals surface area contributed by atoms with Crippen molar-refractivity contribution < 1.29 is 9.90 Å². The van der Waals surface area contributed by atoms with E-state index in [1.807, 2.05) is 61.9 Å². The average Bonchev–Trinajstić information content (AvgIpc) is 3.26. The number of thiophene rings is 1. The van der Waals surface area contributed by atoms with Crippen LogP contribution >= 0.6 is 11.3 Å². The molecule has 0 saturated carbocycles. The molecule has 1 aromatic carbocycles. The van der Waals surface area contributed by atoms with Crippen LogP contribution in [-0.2, 0) is 12.1 Å². The minimum Gasteiger partial charge on any atom is -0.384 e. The number of nitrogens with one attached hydrogen (secondary N) is 3. The number of hydrogen-bond acceptors (Lipinski definition) is 4. The molecule has 1 amide bonds. The monoisotopic (exact) mass is 416 g/mol. The van der Waals surface area contributed by atoms with E-state index in [1.165, 1.54) is 0 Å². The molecule has 2 unspecified atom stereocenters. The number of carbonyl (C=O) groups is 1. The van der Waals surface area contributed by atoms with Crippen molar-refractivity contribution in [3.63, 3.8) is 0 Å². The van der Waals surface area contributed by atoms with E-state index in [2.05, 4.69) is 20.9 Å². The lowest BCUT2D eigenvalue weighted by Gasteiger charge is -2.24. The van der Waals surface area contributed by atoms with E-state index in [0.29, 0.717) is 31.2 Å². The van der Waals surface area contributed by atoms with Crippen LogP contribution in [0.1, 0.15) is 55.6 Å². The second-order valence-corrected chi connectivity index (χ2v) is 8.10. The predicted molar refractivity (Wildman–Crippen MR) is 120 cm³/mol. The summed E-state index contributed by atoms with van der Waals surface area (Å²) in [6, 6.07) is 9.57. The number of nitrogens with zero attached hydrogens (tertiary/aromatic N) is 1. The zero-order chi connectivity index (χ0) is 21.3. The number of hydrogen-bond donors (Lipinski definition) is 4. The summed E-state index contributed by atoms with van der Waals surface area (Å²) < 4.78 is 0. The van der Waals surface area contributed by atoms with E-state index < -0.39 is 5.60 Å². The Morgan fingerprint density at radius 3 is 2.72 bits per heavy atom. The standard InChI is InChI=1S/C22H32N4O2S/c1-5-16(3)26-20(27)18-9-7-8-17(12-18)13-24-21(23-6-2)25-15-22(4,28)19-10-11-29-14-19/h7-12,14,16,28H,5-6,13,15H2,1-4H3,(H,26,27)(H2,23,24,25). The van der Waals surface area contributed by atoms with Crippen molar-refractivity contribution in [2.45, 2.75) is 52.3 Å². The Bertz CT molecular complexity index is 803. The molecule has 7 heteroatoms. The SMILES string of the molecule is CCNC(=NCc1cccc(C(=O)NC(C)CC)c1)NCC(C)(O)c1ccsc1. The van der Waals surface area contributed by atoms with Crippen molar-refractivity contribution in [1.82, 2.24) is 16.0 Å². The number of benzene rings is 1. The van der Waals surface area contributed by atoms with Gasteiger partial charge in [-0.2, -0.15) is 11.3 Å². The molecule has 29 heavy (non-hydrogen) atoms. The maximum Gasteiger partial charge on any atom is 0.251 e. The van der Waals surface area contributed by atoms with Gasteiger partial charge in [-0.15, -0.1) is 0 Å². The first-order valence-corrected chi connectivity index (χ1v) is 11.0. The molecule has 0 radical (unpaired) electrons.